The monoisotopic (exact) mass is 558 g/mol. The molecule has 0 radical (unpaired) electrons. The quantitative estimate of drug-likeness (QED) is 0.200. The lowest BCUT2D eigenvalue weighted by atomic mass is 10.1. The average Bonchev–Trinajstić information content (AvgIpc) is 2.78. The van der Waals surface area contributed by atoms with Crippen molar-refractivity contribution >= 4 is 41.8 Å². The SMILES string of the molecule is CN=C(NCCCCCC(=O)N1CCN(C(=O)CC(C)C)CC1)NCc1ccccn1.I. The van der Waals surface area contributed by atoms with Gasteiger partial charge in [-0.1, -0.05) is 26.3 Å². The number of unbranched alkanes of at least 4 members (excludes halogenated alkanes) is 2. The Labute approximate surface area is 209 Å². The van der Waals surface area contributed by atoms with Crippen LogP contribution in [0, 0.1) is 5.92 Å². The summed E-state index contributed by atoms with van der Waals surface area (Å²) in [4.78, 5) is 36.9. The van der Waals surface area contributed by atoms with E-state index in [9.17, 15) is 9.59 Å². The highest BCUT2D eigenvalue weighted by atomic mass is 127. The van der Waals surface area contributed by atoms with Crippen molar-refractivity contribution in [3.05, 3.63) is 30.1 Å². The fourth-order valence-electron chi connectivity index (χ4n) is 3.52. The maximum absolute atomic E-state index is 12.4. The van der Waals surface area contributed by atoms with E-state index >= 15 is 0 Å². The number of hydrogen-bond donors (Lipinski definition) is 2. The Kier molecular flexibility index (Phi) is 13.9. The molecule has 2 rings (SSSR count). The summed E-state index contributed by atoms with van der Waals surface area (Å²) in [6, 6.07) is 5.84. The third-order valence-corrected chi connectivity index (χ3v) is 5.31. The van der Waals surface area contributed by atoms with Gasteiger partial charge in [-0.05, 0) is 30.9 Å². The van der Waals surface area contributed by atoms with E-state index < -0.39 is 0 Å². The van der Waals surface area contributed by atoms with Crippen LogP contribution in [0.4, 0.5) is 0 Å². The molecule has 1 fully saturated rings. The number of aliphatic imine (C=N–C) groups is 1. The van der Waals surface area contributed by atoms with E-state index in [1.807, 2.05) is 28.0 Å². The number of aromatic nitrogens is 1. The Hall–Kier alpha value is -1.91. The molecule has 9 heteroatoms. The number of pyridine rings is 1. The van der Waals surface area contributed by atoms with Gasteiger partial charge in [-0.25, -0.2) is 0 Å². The van der Waals surface area contributed by atoms with Crippen molar-refractivity contribution in [3.8, 4) is 0 Å². The zero-order valence-electron chi connectivity index (χ0n) is 19.7. The second-order valence-electron chi connectivity index (χ2n) is 8.34. The number of nitrogens with zero attached hydrogens (tertiary/aromatic N) is 4. The van der Waals surface area contributed by atoms with Crippen molar-refractivity contribution in [2.45, 2.75) is 52.5 Å². The first-order valence-corrected chi connectivity index (χ1v) is 11.4. The minimum absolute atomic E-state index is 0. The van der Waals surface area contributed by atoms with Gasteiger partial charge in [0.05, 0.1) is 12.2 Å². The van der Waals surface area contributed by atoms with Crippen LogP contribution in [0.25, 0.3) is 0 Å². The number of halogens is 1. The minimum Gasteiger partial charge on any atom is -0.356 e. The number of nitrogens with one attached hydrogen (secondary N) is 2. The van der Waals surface area contributed by atoms with Crippen LogP contribution in [0.3, 0.4) is 0 Å². The molecule has 180 valence electrons. The van der Waals surface area contributed by atoms with Crippen molar-refractivity contribution < 1.29 is 9.59 Å². The molecule has 2 heterocycles. The largest absolute Gasteiger partial charge is 0.356 e. The second kappa shape index (κ2) is 15.8. The highest BCUT2D eigenvalue weighted by Gasteiger charge is 2.23. The van der Waals surface area contributed by atoms with Crippen LogP contribution in [0.2, 0.25) is 0 Å². The van der Waals surface area contributed by atoms with E-state index in [0.29, 0.717) is 51.5 Å². The first kappa shape index (κ1) is 28.1. The number of carbonyl (C=O) groups excluding carboxylic acids is 2. The summed E-state index contributed by atoms with van der Waals surface area (Å²) < 4.78 is 0. The first-order valence-electron chi connectivity index (χ1n) is 11.4. The Morgan fingerprint density at radius 1 is 1.03 bits per heavy atom. The molecule has 0 aliphatic carbocycles. The van der Waals surface area contributed by atoms with Gasteiger partial charge in [0, 0.05) is 58.8 Å². The molecule has 1 aliphatic heterocycles. The molecule has 2 amide bonds. The first-order chi connectivity index (χ1) is 15.0. The Morgan fingerprint density at radius 3 is 2.31 bits per heavy atom. The number of carbonyl (C=O) groups is 2. The number of guanidine groups is 1. The van der Waals surface area contributed by atoms with Crippen LogP contribution < -0.4 is 10.6 Å². The van der Waals surface area contributed by atoms with Gasteiger partial charge in [0.1, 0.15) is 0 Å². The maximum Gasteiger partial charge on any atom is 0.222 e. The number of rotatable bonds is 10. The molecular weight excluding hydrogens is 519 g/mol. The lowest BCUT2D eigenvalue weighted by Crippen LogP contribution is -2.50. The fourth-order valence-corrected chi connectivity index (χ4v) is 3.52. The number of piperazine rings is 1. The smallest absolute Gasteiger partial charge is 0.222 e. The molecule has 0 spiro atoms. The molecule has 2 N–H and O–H groups in total. The lowest BCUT2D eigenvalue weighted by Gasteiger charge is -2.35. The summed E-state index contributed by atoms with van der Waals surface area (Å²) in [7, 11) is 1.75. The van der Waals surface area contributed by atoms with Crippen molar-refractivity contribution in [2.24, 2.45) is 10.9 Å². The normalized spacial score (nSPS) is 14.2. The molecule has 1 aliphatic rings. The number of hydrogen-bond acceptors (Lipinski definition) is 4. The molecular formula is C23H39IN6O2. The van der Waals surface area contributed by atoms with Crippen LogP contribution in [0.5, 0.6) is 0 Å². The van der Waals surface area contributed by atoms with Crippen LogP contribution in [-0.2, 0) is 16.1 Å². The second-order valence-corrected chi connectivity index (χ2v) is 8.34. The molecule has 0 aromatic carbocycles. The van der Waals surface area contributed by atoms with Crippen molar-refractivity contribution in [1.82, 2.24) is 25.4 Å². The van der Waals surface area contributed by atoms with Crippen molar-refractivity contribution in [1.29, 1.82) is 0 Å². The standard InChI is InChI=1S/C23H38N6O2.HI/c1-19(2)17-22(31)29-15-13-28(14-16-29)21(30)10-5-4-7-12-26-23(24-3)27-18-20-9-6-8-11-25-20;/h6,8-9,11,19H,4-5,7,10,12-18H2,1-3H3,(H2,24,26,27);1H. The Bertz CT molecular complexity index is 706. The van der Waals surface area contributed by atoms with Gasteiger partial charge < -0.3 is 20.4 Å². The summed E-state index contributed by atoms with van der Waals surface area (Å²) in [5, 5.41) is 6.55. The summed E-state index contributed by atoms with van der Waals surface area (Å²) in [5.74, 6) is 1.54. The van der Waals surface area contributed by atoms with E-state index in [1.165, 1.54) is 0 Å². The summed E-state index contributed by atoms with van der Waals surface area (Å²) in [6.07, 6.45) is 5.79. The fraction of sp³-hybridized carbons (Fsp3) is 0.652. The molecule has 0 bridgehead atoms. The van der Waals surface area contributed by atoms with E-state index in [2.05, 4.69) is 34.5 Å². The van der Waals surface area contributed by atoms with Gasteiger partial charge in [0.15, 0.2) is 5.96 Å². The Balaban J connectivity index is 0.00000512. The van der Waals surface area contributed by atoms with Gasteiger partial charge in [-0.3, -0.25) is 19.6 Å². The van der Waals surface area contributed by atoms with Gasteiger partial charge in [-0.2, -0.15) is 0 Å². The lowest BCUT2D eigenvalue weighted by molar-refractivity contribution is -0.140. The topological polar surface area (TPSA) is 89.9 Å². The summed E-state index contributed by atoms with van der Waals surface area (Å²) >= 11 is 0. The van der Waals surface area contributed by atoms with Crippen LogP contribution in [-0.4, -0.2) is 72.3 Å². The van der Waals surface area contributed by atoms with Crippen LogP contribution in [0.1, 0.15) is 51.6 Å². The predicted molar refractivity (Wildman–Crippen MR) is 139 cm³/mol. The molecule has 0 atom stereocenters. The van der Waals surface area contributed by atoms with Gasteiger partial charge in [0.2, 0.25) is 11.8 Å². The highest BCUT2D eigenvalue weighted by molar-refractivity contribution is 14.0. The molecule has 1 aromatic rings. The van der Waals surface area contributed by atoms with Gasteiger partial charge in [0.25, 0.3) is 0 Å². The molecule has 32 heavy (non-hydrogen) atoms. The third-order valence-electron chi connectivity index (χ3n) is 5.31. The predicted octanol–water partition coefficient (Wildman–Crippen LogP) is 2.64. The highest BCUT2D eigenvalue weighted by Crippen LogP contribution is 2.10. The van der Waals surface area contributed by atoms with Crippen molar-refractivity contribution in [3.63, 3.8) is 0 Å². The third kappa shape index (κ3) is 10.6. The molecule has 0 unspecified atom stereocenters. The van der Waals surface area contributed by atoms with Crippen molar-refractivity contribution in [2.75, 3.05) is 39.8 Å². The Morgan fingerprint density at radius 2 is 1.72 bits per heavy atom. The molecule has 8 nitrogen and oxygen atoms in total. The maximum atomic E-state index is 12.4. The molecule has 0 saturated carbocycles. The van der Waals surface area contributed by atoms with E-state index in [1.54, 1.807) is 13.2 Å². The average molecular weight is 559 g/mol. The van der Waals surface area contributed by atoms with Crippen LogP contribution in [0.15, 0.2) is 29.4 Å². The summed E-state index contributed by atoms with van der Waals surface area (Å²) in [5.41, 5.74) is 0.967. The van der Waals surface area contributed by atoms with E-state index in [4.69, 9.17) is 0 Å². The molecule has 1 aromatic heterocycles. The van der Waals surface area contributed by atoms with Gasteiger partial charge >= 0.3 is 0 Å². The minimum atomic E-state index is 0. The zero-order valence-corrected chi connectivity index (χ0v) is 22.0. The molecule has 1 saturated heterocycles. The van der Waals surface area contributed by atoms with E-state index in [-0.39, 0.29) is 35.8 Å². The number of amides is 2. The zero-order chi connectivity index (χ0) is 22.5. The van der Waals surface area contributed by atoms with Gasteiger partial charge in [-0.15, -0.1) is 24.0 Å². The van der Waals surface area contributed by atoms with E-state index in [0.717, 1.165) is 37.5 Å². The van der Waals surface area contributed by atoms with Crippen LogP contribution >= 0.6 is 24.0 Å². The summed E-state index contributed by atoms with van der Waals surface area (Å²) in [6.45, 7) is 8.18.